The Labute approximate surface area is 130 Å². The van der Waals surface area contributed by atoms with Gasteiger partial charge < -0.3 is 4.74 Å². The van der Waals surface area contributed by atoms with Gasteiger partial charge in [-0.05, 0) is 36.2 Å². The zero-order valence-corrected chi connectivity index (χ0v) is 13.0. The highest BCUT2D eigenvalue weighted by Crippen LogP contribution is 2.28. The summed E-state index contributed by atoms with van der Waals surface area (Å²) >= 11 is 3.43. The molecule has 0 aliphatic carbocycles. The molecule has 0 saturated heterocycles. The smallest absolute Gasteiger partial charge is 0.163 e. The van der Waals surface area contributed by atoms with Gasteiger partial charge >= 0.3 is 0 Å². The van der Waals surface area contributed by atoms with Crippen LogP contribution in [-0.2, 0) is 6.42 Å². The second-order valence-electron chi connectivity index (χ2n) is 4.52. The van der Waals surface area contributed by atoms with E-state index in [2.05, 4.69) is 21.4 Å². The predicted octanol–water partition coefficient (Wildman–Crippen LogP) is 3.48. The highest BCUT2D eigenvalue weighted by Gasteiger charge is 2.18. The zero-order chi connectivity index (χ0) is 15.4. The van der Waals surface area contributed by atoms with Crippen LogP contribution in [0, 0.1) is 11.6 Å². The summed E-state index contributed by atoms with van der Waals surface area (Å²) in [6, 6.07) is 8.96. The Balaban J connectivity index is 2.33. The molecule has 2 rings (SSSR count). The van der Waals surface area contributed by atoms with Gasteiger partial charge in [-0.3, -0.25) is 11.3 Å². The first kappa shape index (κ1) is 15.9. The maximum absolute atomic E-state index is 13.9. The number of methoxy groups -OCH3 is 1. The molecule has 0 heterocycles. The van der Waals surface area contributed by atoms with Crippen molar-refractivity contribution in [2.45, 2.75) is 12.5 Å². The molecule has 0 saturated carbocycles. The van der Waals surface area contributed by atoms with Crippen LogP contribution in [0.2, 0.25) is 0 Å². The molecule has 0 bridgehead atoms. The lowest BCUT2D eigenvalue weighted by atomic mass is 9.98. The summed E-state index contributed by atoms with van der Waals surface area (Å²) in [4.78, 5) is 0. The third-order valence-corrected chi connectivity index (χ3v) is 4.01. The van der Waals surface area contributed by atoms with E-state index in [9.17, 15) is 8.78 Å². The van der Waals surface area contributed by atoms with Crippen molar-refractivity contribution in [3.63, 3.8) is 0 Å². The van der Waals surface area contributed by atoms with Crippen LogP contribution < -0.4 is 16.0 Å². The van der Waals surface area contributed by atoms with E-state index >= 15 is 0 Å². The van der Waals surface area contributed by atoms with E-state index in [4.69, 9.17) is 10.6 Å². The minimum atomic E-state index is -0.891. The number of hydrogen-bond donors (Lipinski definition) is 2. The minimum Gasteiger partial charge on any atom is -0.497 e. The maximum Gasteiger partial charge on any atom is 0.163 e. The lowest BCUT2D eigenvalue weighted by molar-refractivity contribution is 0.413. The molecule has 0 aromatic heterocycles. The largest absolute Gasteiger partial charge is 0.497 e. The van der Waals surface area contributed by atoms with Crippen LogP contribution in [0.15, 0.2) is 40.9 Å². The second-order valence-corrected chi connectivity index (χ2v) is 5.38. The molecule has 0 fully saturated rings. The van der Waals surface area contributed by atoms with Gasteiger partial charge in [0.1, 0.15) is 5.75 Å². The Morgan fingerprint density at radius 2 is 2.05 bits per heavy atom. The molecular formula is C15H15BrF2N2O. The quantitative estimate of drug-likeness (QED) is 0.636. The first-order chi connectivity index (χ1) is 10.1. The van der Waals surface area contributed by atoms with Crippen molar-refractivity contribution < 1.29 is 13.5 Å². The van der Waals surface area contributed by atoms with Crippen LogP contribution in [0.5, 0.6) is 5.75 Å². The normalized spacial score (nSPS) is 12.2. The Kier molecular flexibility index (Phi) is 5.27. The second kappa shape index (κ2) is 6.98. The van der Waals surface area contributed by atoms with Gasteiger partial charge in [0.2, 0.25) is 0 Å². The van der Waals surface area contributed by atoms with Gasteiger partial charge in [0.15, 0.2) is 11.6 Å². The third kappa shape index (κ3) is 3.58. The molecule has 3 N–H and O–H groups in total. The number of hydrazine groups is 1. The van der Waals surface area contributed by atoms with Crippen molar-refractivity contribution in [2.24, 2.45) is 5.84 Å². The highest BCUT2D eigenvalue weighted by atomic mass is 79.9. The van der Waals surface area contributed by atoms with Gasteiger partial charge in [-0.2, -0.15) is 0 Å². The fourth-order valence-corrected chi connectivity index (χ4v) is 2.51. The molecule has 21 heavy (non-hydrogen) atoms. The van der Waals surface area contributed by atoms with Crippen LogP contribution in [0.4, 0.5) is 8.78 Å². The van der Waals surface area contributed by atoms with E-state index in [-0.39, 0.29) is 5.56 Å². The molecule has 112 valence electrons. The molecule has 0 amide bonds. The number of hydrogen-bond acceptors (Lipinski definition) is 3. The van der Waals surface area contributed by atoms with Crippen molar-refractivity contribution in [3.05, 3.63) is 63.6 Å². The molecule has 0 aliphatic heterocycles. The maximum atomic E-state index is 13.9. The highest BCUT2D eigenvalue weighted by molar-refractivity contribution is 9.10. The molecule has 0 radical (unpaired) electrons. The molecule has 1 atom stereocenters. The molecule has 0 aliphatic rings. The van der Waals surface area contributed by atoms with E-state index < -0.39 is 17.7 Å². The van der Waals surface area contributed by atoms with Crippen LogP contribution in [0.3, 0.4) is 0 Å². The average Bonchev–Trinajstić information content (AvgIpc) is 2.49. The Bertz CT molecular complexity index is 637. The van der Waals surface area contributed by atoms with Crippen LogP contribution in [-0.4, -0.2) is 7.11 Å². The van der Waals surface area contributed by atoms with E-state index in [1.807, 2.05) is 12.1 Å². The Morgan fingerprint density at radius 1 is 1.29 bits per heavy atom. The molecule has 2 aromatic rings. The van der Waals surface area contributed by atoms with Crippen molar-refractivity contribution in [2.75, 3.05) is 7.11 Å². The van der Waals surface area contributed by atoms with Gasteiger partial charge in [-0.15, -0.1) is 0 Å². The van der Waals surface area contributed by atoms with E-state index in [0.717, 1.165) is 16.1 Å². The first-order valence-corrected chi connectivity index (χ1v) is 7.08. The van der Waals surface area contributed by atoms with E-state index in [1.165, 1.54) is 12.1 Å². The third-order valence-electron chi connectivity index (χ3n) is 3.23. The van der Waals surface area contributed by atoms with Gasteiger partial charge in [0.05, 0.1) is 13.2 Å². The summed E-state index contributed by atoms with van der Waals surface area (Å²) in [5, 5.41) is 0. The summed E-state index contributed by atoms with van der Waals surface area (Å²) in [6.45, 7) is 0. The van der Waals surface area contributed by atoms with Crippen LogP contribution in [0.25, 0.3) is 0 Å². The number of ether oxygens (including phenoxy) is 1. The molecule has 1 unspecified atom stereocenters. The summed E-state index contributed by atoms with van der Waals surface area (Å²) < 4.78 is 33.2. The van der Waals surface area contributed by atoms with Crippen LogP contribution >= 0.6 is 15.9 Å². The van der Waals surface area contributed by atoms with Gasteiger partial charge in [0, 0.05) is 10.0 Å². The number of halogens is 3. The minimum absolute atomic E-state index is 0.187. The summed E-state index contributed by atoms with van der Waals surface area (Å²) in [5.74, 6) is 4.41. The lowest BCUT2D eigenvalue weighted by Gasteiger charge is -2.18. The standard InChI is InChI=1S/C15H15BrF2N2O/c1-21-10-5-6-12(16)9(7-10)8-14(20-19)11-3-2-4-13(17)15(11)18/h2-7,14,20H,8,19H2,1H3. The molecular weight excluding hydrogens is 342 g/mol. The van der Waals surface area contributed by atoms with Crippen molar-refractivity contribution in [1.29, 1.82) is 0 Å². The first-order valence-electron chi connectivity index (χ1n) is 6.29. The monoisotopic (exact) mass is 356 g/mol. The molecule has 0 spiro atoms. The SMILES string of the molecule is COc1ccc(Br)c(CC(NN)c2cccc(F)c2F)c1. The molecule has 6 heteroatoms. The van der Waals surface area contributed by atoms with E-state index in [0.29, 0.717) is 12.2 Å². The Morgan fingerprint density at radius 3 is 2.71 bits per heavy atom. The van der Waals surface area contributed by atoms with Crippen molar-refractivity contribution >= 4 is 15.9 Å². The molecule has 2 aromatic carbocycles. The van der Waals surface area contributed by atoms with E-state index in [1.54, 1.807) is 13.2 Å². The summed E-state index contributed by atoms with van der Waals surface area (Å²) in [5.41, 5.74) is 3.59. The summed E-state index contributed by atoms with van der Waals surface area (Å²) in [6.07, 6.45) is 0.384. The predicted molar refractivity (Wildman–Crippen MR) is 80.8 cm³/mol. The number of nitrogens with one attached hydrogen (secondary N) is 1. The summed E-state index contributed by atoms with van der Waals surface area (Å²) in [7, 11) is 1.57. The van der Waals surface area contributed by atoms with Crippen molar-refractivity contribution in [3.8, 4) is 5.75 Å². The average molecular weight is 357 g/mol. The lowest BCUT2D eigenvalue weighted by Crippen LogP contribution is -2.30. The number of rotatable bonds is 5. The number of benzene rings is 2. The van der Waals surface area contributed by atoms with Crippen LogP contribution in [0.1, 0.15) is 17.2 Å². The number of nitrogens with two attached hydrogens (primary N) is 1. The fourth-order valence-electron chi connectivity index (χ4n) is 2.10. The zero-order valence-electron chi connectivity index (χ0n) is 11.4. The topological polar surface area (TPSA) is 47.3 Å². The Hall–Kier alpha value is -1.50. The van der Waals surface area contributed by atoms with Gasteiger partial charge in [-0.25, -0.2) is 8.78 Å². The van der Waals surface area contributed by atoms with Gasteiger partial charge in [0.25, 0.3) is 0 Å². The van der Waals surface area contributed by atoms with Gasteiger partial charge in [-0.1, -0.05) is 28.1 Å². The fraction of sp³-hybridized carbons (Fsp3) is 0.200. The molecule has 3 nitrogen and oxygen atoms in total. The van der Waals surface area contributed by atoms with Crippen molar-refractivity contribution in [1.82, 2.24) is 5.43 Å².